The van der Waals surface area contributed by atoms with Gasteiger partial charge in [0.2, 0.25) is 0 Å². The van der Waals surface area contributed by atoms with Crippen LogP contribution in [0.3, 0.4) is 0 Å². The van der Waals surface area contributed by atoms with Crippen LogP contribution in [0.15, 0.2) is 24.3 Å². The number of hydrogen-bond acceptors (Lipinski definition) is 2. The fourth-order valence-electron chi connectivity index (χ4n) is 2.57. The Labute approximate surface area is 118 Å². The summed E-state index contributed by atoms with van der Waals surface area (Å²) in [6, 6.07) is 9.11. The average molecular weight is 260 g/mol. The van der Waals surface area contributed by atoms with Crippen molar-refractivity contribution in [3.05, 3.63) is 35.4 Å². The van der Waals surface area contributed by atoms with Crippen molar-refractivity contribution in [1.82, 2.24) is 10.2 Å². The molecular weight excluding hydrogens is 232 g/mol. The Balaban J connectivity index is 1.64. The van der Waals surface area contributed by atoms with Gasteiger partial charge < -0.3 is 10.2 Å². The van der Waals surface area contributed by atoms with Gasteiger partial charge in [0.1, 0.15) is 0 Å². The fourth-order valence-corrected chi connectivity index (χ4v) is 2.57. The molecule has 0 atom stereocenters. The van der Waals surface area contributed by atoms with Crippen molar-refractivity contribution in [2.45, 2.75) is 45.6 Å². The zero-order valence-electron chi connectivity index (χ0n) is 12.5. The van der Waals surface area contributed by atoms with E-state index in [1.807, 2.05) is 0 Å². The maximum Gasteiger partial charge on any atom is 0.0205 e. The van der Waals surface area contributed by atoms with Gasteiger partial charge in [-0.2, -0.15) is 0 Å². The molecule has 0 saturated heterocycles. The van der Waals surface area contributed by atoms with E-state index >= 15 is 0 Å². The van der Waals surface area contributed by atoms with Crippen LogP contribution in [0, 0.1) is 0 Å². The summed E-state index contributed by atoms with van der Waals surface area (Å²) in [6.45, 7) is 10.1. The van der Waals surface area contributed by atoms with E-state index in [9.17, 15) is 0 Å². The largest absolute Gasteiger partial charge is 0.313 e. The van der Waals surface area contributed by atoms with Gasteiger partial charge in [-0.1, -0.05) is 38.1 Å². The first kappa shape index (κ1) is 14.5. The minimum Gasteiger partial charge on any atom is -0.313 e. The molecule has 19 heavy (non-hydrogen) atoms. The molecule has 2 rings (SSSR count). The number of benzene rings is 1. The highest BCUT2D eigenvalue weighted by Crippen LogP contribution is 2.40. The normalized spacial score (nSPS) is 15.1. The molecule has 0 amide bonds. The van der Waals surface area contributed by atoms with Crippen LogP contribution in [-0.2, 0) is 6.54 Å². The van der Waals surface area contributed by atoms with E-state index in [0.29, 0.717) is 0 Å². The van der Waals surface area contributed by atoms with Gasteiger partial charge in [-0.25, -0.2) is 0 Å². The van der Waals surface area contributed by atoms with E-state index in [1.54, 1.807) is 5.56 Å². The molecule has 106 valence electrons. The molecule has 0 radical (unpaired) electrons. The van der Waals surface area contributed by atoms with Crippen LogP contribution in [-0.4, -0.2) is 31.1 Å². The van der Waals surface area contributed by atoms with Crippen LogP contribution in [0.1, 0.15) is 50.2 Å². The van der Waals surface area contributed by atoms with Gasteiger partial charge in [0.05, 0.1) is 0 Å². The molecule has 0 aliphatic heterocycles. The summed E-state index contributed by atoms with van der Waals surface area (Å²) in [4.78, 5) is 2.48. The average Bonchev–Trinajstić information content (AvgIpc) is 3.28. The molecule has 2 heteroatoms. The molecule has 0 aromatic heterocycles. The van der Waals surface area contributed by atoms with E-state index in [2.05, 4.69) is 48.3 Å². The van der Waals surface area contributed by atoms with E-state index in [1.165, 1.54) is 44.5 Å². The molecule has 0 heterocycles. The van der Waals surface area contributed by atoms with E-state index in [0.717, 1.165) is 19.0 Å². The predicted octanol–water partition coefficient (Wildman–Crippen LogP) is 3.39. The minimum atomic E-state index is 0.864. The zero-order chi connectivity index (χ0) is 13.5. The Hall–Kier alpha value is -0.860. The molecular formula is C17H28N2. The van der Waals surface area contributed by atoms with Gasteiger partial charge in [-0.05, 0) is 62.5 Å². The van der Waals surface area contributed by atoms with Gasteiger partial charge in [-0.3, -0.25) is 0 Å². The smallest absolute Gasteiger partial charge is 0.0205 e. The highest BCUT2D eigenvalue weighted by Gasteiger charge is 2.23. The SMILES string of the molecule is CCN(CC)CCCNCc1cccc(C2CC2)c1. The number of rotatable bonds is 9. The van der Waals surface area contributed by atoms with Crippen molar-refractivity contribution in [1.29, 1.82) is 0 Å². The van der Waals surface area contributed by atoms with Gasteiger partial charge in [-0.15, -0.1) is 0 Å². The van der Waals surface area contributed by atoms with Crippen LogP contribution < -0.4 is 5.32 Å². The molecule has 1 aliphatic carbocycles. The Kier molecular flexibility index (Phi) is 5.87. The maximum atomic E-state index is 3.57. The second-order valence-electron chi connectivity index (χ2n) is 5.58. The van der Waals surface area contributed by atoms with Crippen molar-refractivity contribution in [3.8, 4) is 0 Å². The molecule has 2 nitrogen and oxygen atoms in total. The molecule has 1 saturated carbocycles. The van der Waals surface area contributed by atoms with E-state index < -0.39 is 0 Å². The monoisotopic (exact) mass is 260 g/mol. The van der Waals surface area contributed by atoms with Crippen molar-refractivity contribution < 1.29 is 0 Å². The lowest BCUT2D eigenvalue weighted by Crippen LogP contribution is -2.27. The third kappa shape index (κ3) is 4.96. The van der Waals surface area contributed by atoms with Crippen LogP contribution in [0.25, 0.3) is 0 Å². The topological polar surface area (TPSA) is 15.3 Å². The first-order valence-electron chi connectivity index (χ1n) is 7.85. The van der Waals surface area contributed by atoms with Crippen LogP contribution in [0.4, 0.5) is 0 Å². The summed E-state index contributed by atoms with van der Waals surface area (Å²) in [5.74, 6) is 0.864. The lowest BCUT2D eigenvalue weighted by molar-refractivity contribution is 0.298. The standard InChI is InChI=1S/C17H28N2/c1-3-19(4-2)12-6-11-18-14-15-7-5-8-17(13-15)16-9-10-16/h5,7-8,13,16,18H,3-4,6,9-12,14H2,1-2H3. The summed E-state index contributed by atoms with van der Waals surface area (Å²) in [5.41, 5.74) is 2.98. The lowest BCUT2D eigenvalue weighted by atomic mass is 10.1. The summed E-state index contributed by atoms with van der Waals surface area (Å²) in [6.07, 6.45) is 4.02. The lowest BCUT2D eigenvalue weighted by Gasteiger charge is -2.17. The number of nitrogens with zero attached hydrogens (tertiary/aromatic N) is 1. The highest BCUT2D eigenvalue weighted by molar-refractivity contribution is 5.29. The third-order valence-corrected chi connectivity index (χ3v) is 4.05. The zero-order valence-corrected chi connectivity index (χ0v) is 12.5. The maximum absolute atomic E-state index is 3.57. The molecule has 1 N–H and O–H groups in total. The van der Waals surface area contributed by atoms with Gasteiger partial charge in [0.15, 0.2) is 0 Å². The van der Waals surface area contributed by atoms with Crippen molar-refractivity contribution in [2.75, 3.05) is 26.2 Å². The molecule has 0 unspecified atom stereocenters. The van der Waals surface area contributed by atoms with Gasteiger partial charge in [0, 0.05) is 6.54 Å². The van der Waals surface area contributed by atoms with E-state index in [-0.39, 0.29) is 0 Å². The summed E-state index contributed by atoms with van der Waals surface area (Å²) in [7, 11) is 0. The summed E-state index contributed by atoms with van der Waals surface area (Å²) >= 11 is 0. The van der Waals surface area contributed by atoms with Gasteiger partial charge >= 0.3 is 0 Å². The molecule has 1 aliphatic rings. The minimum absolute atomic E-state index is 0.864. The molecule has 0 spiro atoms. The highest BCUT2D eigenvalue weighted by atomic mass is 15.1. The summed E-state index contributed by atoms with van der Waals surface area (Å²) < 4.78 is 0. The van der Waals surface area contributed by atoms with Crippen LogP contribution >= 0.6 is 0 Å². The molecule has 0 bridgehead atoms. The van der Waals surface area contributed by atoms with Crippen molar-refractivity contribution >= 4 is 0 Å². The van der Waals surface area contributed by atoms with Gasteiger partial charge in [0.25, 0.3) is 0 Å². The van der Waals surface area contributed by atoms with Crippen molar-refractivity contribution in [2.24, 2.45) is 0 Å². The quantitative estimate of drug-likeness (QED) is 0.685. The Morgan fingerprint density at radius 3 is 2.68 bits per heavy atom. The third-order valence-electron chi connectivity index (χ3n) is 4.05. The number of hydrogen-bond donors (Lipinski definition) is 1. The van der Waals surface area contributed by atoms with Crippen LogP contribution in [0.2, 0.25) is 0 Å². The second kappa shape index (κ2) is 7.66. The van der Waals surface area contributed by atoms with Crippen LogP contribution in [0.5, 0.6) is 0 Å². The Morgan fingerprint density at radius 1 is 1.21 bits per heavy atom. The number of nitrogens with one attached hydrogen (secondary N) is 1. The fraction of sp³-hybridized carbons (Fsp3) is 0.647. The molecule has 1 fully saturated rings. The Bertz CT molecular complexity index is 367. The Morgan fingerprint density at radius 2 is 2.00 bits per heavy atom. The predicted molar refractivity (Wildman–Crippen MR) is 82.5 cm³/mol. The molecule has 1 aromatic carbocycles. The first-order valence-corrected chi connectivity index (χ1v) is 7.85. The summed E-state index contributed by atoms with van der Waals surface area (Å²) in [5, 5.41) is 3.57. The van der Waals surface area contributed by atoms with E-state index in [4.69, 9.17) is 0 Å². The second-order valence-corrected chi connectivity index (χ2v) is 5.58. The first-order chi connectivity index (χ1) is 9.33. The van der Waals surface area contributed by atoms with Crippen molar-refractivity contribution in [3.63, 3.8) is 0 Å². The molecule has 1 aromatic rings.